The first-order valence-corrected chi connectivity index (χ1v) is 7.17. The maximum atomic E-state index is 11.9. The molecule has 0 aromatic carbocycles. The van der Waals surface area contributed by atoms with Gasteiger partial charge in [0.2, 0.25) is 0 Å². The number of likely N-dealkylation sites (tertiary alicyclic amines) is 1. The molecule has 2 amide bonds. The van der Waals surface area contributed by atoms with Gasteiger partial charge in [-0.2, -0.15) is 0 Å². The SMILES string of the molecule is C\C=C/C(=C\C=C\C)C(C)CNC(=O)N1CCCC1. The molecule has 106 valence electrons. The van der Waals surface area contributed by atoms with Gasteiger partial charge in [-0.05, 0) is 38.2 Å². The molecule has 1 aliphatic rings. The van der Waals surface area contributed by atoms with Crippen molar-refractivity contribution in [2.24, 2.45) is 5.92 Å². The molecule has 0 radical (unpaired) electrons. The molecule has 0 aromatic heterocycles. The molecule has 0 saturated carbocycles. The minimum atomic E-state index is 0.0789. The number of nitrogens with one attached hydrogen (secondary N) is 1. The number of urea groups is 1. The van der Waals surface area contributed by atoms with E-state index in [2.05, 4.69) is 24.4 Å². The molecule has 1 aliphatic heterocycles. The van der Waals surface area contributed by atoms with Crippen molar-refractivity contribution in [3.05, 3.63) is 36.0 Å². The third kappa shape index (κ3) is 5.33. The van der Waals surface area contributed by atoms with Gasteiger partial charge >= 0.3 is 6.03 Å². The Kier molecular flexibility index (Phi) is 7.01. The van der Waals surface area contributed by atoms with Crippen LogP contribution in [0.15, 0.2) is 36.0 Å². The van der Waals surface area contributed by atoms with E-state index in [-0.39, 0.29) is 6.03 Å². The van der Waals surface area contributed by atoms with Crippen molar-refractivity contribution in [3.63, 3.8) is 0 Å². The second kappa shape index (κ2) is 8.57. The fourth-order valence-electron chi connectivity index (χ4n) is 2.17. The van der Waals surface area contributed by atoms with Gasteiger partial charge in [0.25, 0.3) is 0 Å². The summed E-state index contributed by atoms with van der Waals surface area (Å²) >= 11 is 0. The van der Waals surface area contributed by atoms with Gasteiger partial charge in [-0.3, -0.25) is 0 Å². The Morgan fingerprint density at radius 3 is 2.53 bits per heavy atom. The normalized spacial score (nSPS) is 18.5. The molecular weight excluding hydrogens is 236 g/mol. The lowest BCUT2D eigenvalue weighted by atomic mass is 10.00. The molecule has 1 saturated heterocycles. The summed E-state index contributed by atoms with van der Waals surface area (Å²) < 4.78 is 0. The molecule has 1 N–H and O–H groups in total. The van der Waals surface area contributed by atoms with Crippen molar-refractivity contribution in [1.82, 2.24) is 10.2 Å². The van der Waals surface area contributed by atoms with Crippen molar-refractivity contribution in [2.45, 2.75) is 33.6 Å². The van der Waals surface area contributed by atoms with Gasteiger partial charge in [-0.1, -0.05) is 37.3 Å². The van der Waals surface area contributed by atoms with Gasteiger partial charge in [0.15, 0.2) is 0 Å². The summed E-state index contributed by atoms with van der Waals surface area (Å²) in [6, 6.07) is 0.0789. The fourth-order valence-corrected chi connectivity index (χ4v) is 2.17. The Morgan fingerprint density at radius 1 is 1.26 bits per heavy atom. The Hall–Kier alpha value is -1.51. The van der Waals surface area contributed by atoms with E-state index in [0.29, 0.717) is 12.5 Å². The van der Waals surface area contributed by atoms with Crippen LogP contribution in [0.1, 0.15) is 33.6 Å². The maximum Gasteiger partial charge on any atom is 0.317 e. The van der Waals surface area contributed by atoms with Gasteiger partial charge in [0, 0.05) is 19.6 Å². The molecule has 1 unspecified atom stereocenters. The average Bonchev–Trinajstić information content (AvgIpc) is 2.94. The number of nitrogens with zero attached hydrogens (tertiary/aromatic N) is 1. The molecule has 3 nitrogen and oxygen atoms in total. The second-order valence-electron chi connectivity index (χ2n) is 4.97. The van der Waals surface area contributed by atoms with Gasteiger partial charge in [-0.15, -0.1) is 0 Å². The van der Waals surface area contributed by atoms with Crippen LogP contribution in [0.25, 0.3) is 0 Å². The lowest BCUT2D eigenvalue weighted by molar-refractivity contribution is 0.208. The third-order valence-corrected chi connectivity index (χ3v) is 3.36. The summed E-state index contributed by atoms with van der Waals surface area (Å²) in [4.78, 5) is 13.8. The van der Waals surface area contributed by atoms with Crippen molar-refractivity contribution < 1.29 is 4.79 Å². The predicted molar refractivity (Wildman–Crippen MR) is 81.1 cm³/mol. The second-order valence-corrected chi connectivity index (χ2v) is 4.97. The van der Waals surface area contributed by atoms with Crippen LogP contribution in [-0.2, 0) is 0 Å². The minimum absolute atomic E-state index is 0.0789. The molecule has 0 spiro atoms. The monoisotopic (exact) mass is 262 g/mol. The van der Waals surface area contributed by atoms with Crippen LogP contribution < -0.4 is 5.32 Å². The zero-order valence-electron chi connectivity index (χ0n) is 12.4. The predicted octanol–water partition coefficient (Wildman–Crippen LogP) is 3.51. The van der Waals surface area contributed by atoms with E-state index >= 15 is 0 Å². The number of rotatable bonds is 5. The first-order chi connectivity index (χ1) is 9.19. The van der Waals surface area contributed by atoms with E-state index in [1.165, 1.54) is 5.57 Å². The van der Waals surface area contributed by atoms with Crippen LogP contribution >= 0.6 is 0 Å². The molecule has 1 fully saturated rings. The van der Waals surface area contributed by atoms with Crippen LogP contribution in [0.5, 0.6) is 0 Å². The summed E-state index contributed by atoms with van der Waals surface area (Å²) in [5.74, 6) is 0.318. The van der Waals surface area contributed by atoms with Crippen LogP contribution in [0.2, 0.25) is 0 Å². The molecule has 1 rings (SSSR count). The molecule has 0 aromatic rings. The number of carbonyl (C=O) groups excluding carboxylic acids is 1. The molecule has 1 heterocycles. The summed E-state index contributed by atoms with van der Waals surface area (Å²) in [6.07, 6.45) is 12.6. The van der Waals surface area contributed by atoms with Crippen molar-refractivity contribution >= 4 is 6.03 Å². The Morgan fingerprint density at radius 2 is 1.95 bits per heavy atom. The molecular formula is C16H26N2O. The third-order valence-electron chi connectivity index (χ3n) is 3.36. The van der Waals surface area contributed by atoms with Gasteiger partial charge < -0.3 is 10.2 Å². The Labute approximate surface area is 117 Å². The van der Waals surface area contributed by atoms with Gasteiger partial charge in [0.1, 0.15) is 0 Å². The number of carbonyl (C=O) groups is 1. The molecule has 0 aliphatic carbocycles. The molecule has 3 heteroatoms. The van der Waals surface area contributed by atoms with E-state index in [9.17, 15) is 4.79 Å². The zero-order chi connectivity index (χ0) is 14.1. The summed E-state index contributed by atoms with van der Waals surface area (Å²) in [5, 5.41) is 3.03. The fraction of sp³-hybridized carbons (Fsp3) is 0.562. The zero-order valence-corrected chi connectivity index (χ0v) is 12.4. The highest BCUT2D eigenvalue weighted by atomic mass is 16.2. The molecule has 0 bridgehead atoms. The maximum absolute atomic E-state index is 11.9. The molecule has 1 atom stereocenters. The number of hydrogen-bond acceptors (Lipinski definition) is 1. The van der Waals surface area contributed by atoms with E-state index in [0.717, 1.165) is 25.9 Å². The first kappa shape index (κ1) is 15.5. The largest absolute Gasteiger partial charge is 0.337 e. The van der Waals surface area contributed by atoms with E-state index < -0.39 is 0 Å². The van der Waals surface area contributed by atoms with E-state index in [1.54, 1.807) is 0 Å². The summed E-state index contributed by atoms with van der Waals surface area (Å²) in [6.45, 7) is 8.64. The smallest absolute Gasteiger partial charge is 0.317 e. The topological polar surface area (TPSA) is 32.3 Å². The lowest BCUT2D eigenvalue weighted by Crippen LogP contribution is -2.40. The van der Waals surface area contributed by atoms with Crippen LogP contribution in [0.3, 0.4) is 0 Å². The van der Waals surface area contributed by atoms with Crippen molar-refractivity contribution in [3.8, 4) is 0 Å². The Balaban J connectivity index is 2.47. The first-order valence-electron chi connectivity index (χ1n) is 7.17. The van der Waals surface area contributed by atoms with E-state index in [1.807, 2.05) is 37.0 Å². The summed E-state index contributed by atoms with van der Waals surface area (Å²) in [5.41, 5.74) is 1.24. The van der Waals surface area contributed by atoms with Gasteiger partial charge in [-0.25, -0.2) is 4.79 Å². The quantitative estimate of drug-likeness (QED) is 0.756. The van der Waals surface area contributed by atoms with Gasteiger partial charge in [0.05, 0.1) is 0 Å². The standard InChI is InChI=1S/C16H26N2O/c1-4-6-10-15(9-5-2)14(3)13-17-16(19)18-11-7-8-12-18/h4-6,9-10,14H,7-8,11-13H2,1-3H3,(H,17,19)/b6-4+,9-5-,15-10+. The number of allylic oxidation sites excluding steroid dienone is 5. The van der Waals surface area contributed by atoms with Crippen molar-refractivity contribution in [2.75, 3.05) is 19.6 Å². The highest BCUT2D eigenvalue weighted by molar-refractivity contribution is 5.74. The average molecular weight is 262 g/mol. The van der Waals surface area contributed by atoms with Crippen LogP contribution in [-0.4, -0.2) is 30.6 Å². The number of hydrogen-bond donors (Lipinski definition) is 1. The van der Waals surface area contributed by atoms with E-state index in [4.69, 9.17) is 0 Å². The molecule has 19 heavy (non-hydrogen) atoms. The highest BCUT2D eigenvalue weighted by Crippen LogP contribution is 2.12. The van der Waals surface area contributed by atoms with Crippen LogP contribution in [0.4, 0.5) is 4.79 Å². The summed E-state index contributed by atoms with van der Waals surface area (Å²) in [7, 11) is 0. The van der Waals surface area contributed by atoms with Crippen molar-refractivity contribution in [1.29, 1.82) is 0 Å². The Bertz CT molecular complexity index is 363. The lowest BCUT2D eigenvalue weighted by Gasteiger charge is -2.19. The minimum Gasteiger partial charge on any atom is -0.337 e. The van der Waals surface area contributed by atoms with Crippen LogP contribution in [0, 0.1) is 5.92 Å². The number of amides is 2. The highest BCUT2D eigenvalue weighted by Gasteiger charge is 2.18.